The van der Waals surface area contributed by atoms with Crippen molar-refractivity contribution in [3.8, 4) is 12.3 Å². The molecule has 1 rings (SSSR count). The van der Waals surface area contributed by atoms with Crippen LogP contribution in [0.15, 0.2) is 0 Å². The lowest BCUT2D eigenvalue weighted by Gasteiger charge is -2.24. The number of hydrogen-bond acceptors (Lipinski definition) is 3. The third kappa shape index (κ3) is 4.45. The summed E-state index contributed by atoms with van der Waals surface area (Å²) in [7, 11) is 0. The van der Waals surface area contributed by atoms with E-state index in [0.717, 1.165) is 12.8 Å². The van der Waals surface area contributed by atoms with E-state index < -0.39 is 5.97 Å². The number of rotatable bonds is 7. The van der Waals surface area contributed by atoms with Crippen LogP contribution in [0.25, 0.3) is 0 Å². The van der Waals surface area contributed by atoms with Crippen molar-refractivity contribution in [2.75, 3.05) is 26.2 Å². The van der Waals surface area contributed by atoms with E-state index in [9.17, 15) is 9.59 Å². The first kappa shape index (κ1) is 13.5. The first-order valence-electron chi connectivity index (χ1n) is 5.75. The van der Waals surface area contributed by atoms with E-state index in [1.54, 1.807) is 4.90 Å². The molecule has 1 aliphatic rings. The molecule has 0 spiro atoms. The van der Waals surface area contributed by atoms with Crippen molar-refractivity contribution in [2.24, 2.45) is 0 Å². The number of amides is 1. The van der Waals surface area contributed by atoms with Crippen LogP contribution in [0.4, 0.5) is 0 Å². The molecular formula is C12H18N2O3. The van der Waals surface area contributed by atoms with Crippen LogP contribution in [-0.2, 0) is 9.59 Å². The van der Waals surface area contributed by atoms with Gasteiger partial charge in [-0.1, -0.05) is 5.92 Å². The van der Waals surface area contributed by atoms with E-state index in [0.29, 0.717) is 12.6 Å². The summed E-state index contributed by atoms with van der Waals surface area (Å²) in [5.41, 5.74) is 0. The lowest BCUT2D eigenvalue weighted by Crippen LogP contribution is -2.43. The molecule has 17 heavy (non-hydrogen) atoms. The van der Waals surface area contributed by atoms with E-state index in [1.807, 2.05) is 6.92 Å². The second-order valence-corrected chi connectivity index (χ2v) is 4.15. The Morgan fingerprint density at radius 2 is 2.06 bits per heavy atom. The zero-order valence-corrected chi connectivity index (χ0v) is 10.1. The molecule has 0 radical (unpaired) electrons. The molecule has 5 nitrogen and oxygen atoms in total. The molecule has 94 valence electrons. The molecule has 0 saturated heterocycles. The monoisotopic (exact) mass is 238 g/mol. The summed E-state index contributed by atoms with van der Waals surface area (Å²) in [6, 6.07) is 0.352. The average molecular weight is 238 g/mol. The third-order valence-corrected chi connectivity index (χ3v) is 2.68. The molecule has 0 aromatic carbocycles. The second-order valence-electron chi connectivity index (χ2n) is 4.15. The molecule has 1 aliphatic carbocycles. The summed E-state index contributed by atoms with van der Waals surface area (Å²) in [4.78, 5) is 25.8. The van der Waals surface area contributed by atoms with Crippen molar-refractivity contribution >= 4 is 11.9 Å². The predicted molar refractivity (Wildman–Crippen MR) is 63.3 cm³/mol. The molecule has 0 aromatic rings. The summed E-state index contributed by atoms with van der Waals surface area (Å²) in [6.07, 6.45) is 7.25. The van der Waals surface area contributed by atoms with Crippen LogP contribution in [-0.4, -0.2) is 59.0 Å². The van der Waals surface area contributed by atoms with Gasteiger partial charge in [0.05, 0.1) is 19.6 Å². The van der Waals surface area contributed by atoms with Crippen LogP contribution in [0.2, 0.25) is 0 Å². The Balaban J connectivity index is 2.50. The minimum absolute atomic E-state index is 0.0356. The Morgan fingerprint density at radius 3 is 2.47 bits per heavy atom. The lowest BCUT2D eigenvalue weighted by atomic mass is 10.3. The van der Waals surface area contributed by atoms with Gasteiger partial charge in [0.25, 0.3) is 0 Å². The SMILES string of the molecule is C#CCN(CC(=O)O)CC(=O)N(CC)C1CC1. The van der Waals surface area contributed by atoms with Crippen molar-refractivity contribution < 1.29 is 14.7 Å². The normalized spacial score (nSPS) is 14.4. The average Bonchev–Trinajstić information content (AvgIpc) is 3.02. The van der Waals surface area contributed by atoms with Crippen molar-refractivity contribution in [1.29, 1.82) is 0 Å². The van der Waals surface area contributed by atoms with Crippen LogP contribution in [0, 0.1) is 12.3 Å². The number of aliphatic carboxylic acids is 1. The highest BCUT2D eigenvalue weighted by Crippen LogP contribution is 2.26. The van der Waals surface area contributed by atoms with Gasteiger partial charge in [-0.25, -0.2) is 0 Å². The molecule has 0 heterocycles. The Hall–Kier alpha value is -1.54. The smallest absolute Gasteiger partial charge is 0.317 e. The van der Waals surface area contributed by atoms with Gasteiger partial charge in [0.2, 0.25) is 5.91 Å². The van der Waals surface area contributed by atoms with E-state index >= 15 is 0 Å². The van der Waals surface area contributed by atoms with Gasteiger partial charge in [-0.15, -0.1) is 6.42 Å². The van der Waals surface area contributed by atoms with E-state index in [2.05, 4.69) is 5.92 Å². The first-order valence-corrected chi connectivity index (χ1v) is 5.75. The standard InChI is InChI=1S/C12H18N2O3/c1-3-7-13(9-12(16)17)8-11(15)14(4-2)10-5-6-10/h1,10H,4-9H2,2H3,(H,16,17). The zero-order chi connectivity index (χ0) is 12.8. The Morgan fingerprint density at radius 1 is 1.41 bits per heavy atom. The summed E-state index contributed by atoms with van der Waals surface area (Å²) in [5, 5.41) is 8.71. The number of carboxylic acid groups (broad SMARTS) is 1. The molecule has 0 aliphatic heterocycles. The predicted octanol–water partition coefficient (Wildman–Crippen LogP) is 0.0171. The van der Waals surface area contributed by atoms with Gasteiger partial charge in [0, 0.05) is 12.6 Å². The largest absolute Gasteiger partial charge is 0.480 e. The van der Waals surface area contributed by atoms with Crippen LogP contribution in [0.1, 0.15) is 19.8 Å². The van der Waals surface area contributed by atoms with Crippen LogP contribution >= 0.6 is 0 Å². The molecule has 0 aromatic heterocycles. The molecule has 1 N–H and O–H groups in total. The highest BCUT2D eigenvalue weighted by atomic mass is 16.4. The van der Waals surface area contributed by atoms with Crippen LogP contribution in [0.5, 0.6) is 0 Å². The number of carbonyl (C=O) groups excluding carboxylic acids is 1. The fourth-order valence-corrected chi connectivity index (χ4v) is 1.79. The maximum absolute atomic E-state index is 11.9. The van der Waals surface area contributed by atoms with Gasteiger partial charge in [-0.05, 0) is 19.8 Å². The van der Waals surface area contributed by atoms with E-state index in [4.69, 9.17) is 11.5 Å². The molecule has 0 bridgehead atoms. The Bertz CT molecular complexity index is 331. The molecule has 0 unspecified atom stereocenters. The fourth-order valence-electron chi connectivity index (χ4n) is 1.79. The van der Waals surface area contributed by atoms with Crippen LogP contribution < -0.4 is 0 Å². The van der Waals surface area contributed by atoms with Gasteiger partial charge in [0.15, 0.2) is 0 Å². The van der Waals surface area contributed by atoms with Crippen LogP contribution in [0.3, 0.4) is 0 Å². The van der Waals surface area contributed by atoms with Crippen molar-refractivity contribution in [2.45, 2.75) is 25.8 Å². The van der Waals surface area contributed by atoms with Crippen molar-refractivity contribution in [3.63, 3.8) is 0 Å². The maximum atomic E-state index is 11.9. The van der Waals surface area contributed by atoms with Gasteiger partial charge in [-0.3, -0.25) is 14.5 Å². The van der Waals surface area contributed by atoms with Gasteiger partial charge >= 0.3 is 5.97 Å². The minimum Gasteiger partial charge on any atom is -0.480 e. The van der Waals surface area contributed by atoms with E-state index in [-0.39, 0.29) is 25.5 Å². The number of hydrogen-bond donors (Lipinski definition) is 1. The summed E-state index contributed by atoms with van der Waals surface area (Å²) in [6.45, 7) is 2.67. The van der Waals surface area contributed by atoms with Crippen molar-refractivity contribution in [1.82, 2.24) is 9.80 Å². The Kier molecular flexibility index (Phi) is 4.98. The van der Waals surface area contributed by atoms with Gasteiger partial charge < -0.3 is 10.0 Å². The summed E-state index contributed by atoms with van der Waals surface area (Å²) < 4.78 is 0. The summed E-state index contributed by atoms with van der Waals surface area (Å²) >= 11 is 0. The highest BCUT2D eigenvalue weighted by molar-refractivity contribution is 5.79. The lowest BCUT2D eigenvalue weighted by molar-refractivity contribution is -0.139. The molecule has 0 atom stereocenters. The quantitative estimate of drug-likeness (QED) is 0.635. The van der Waals surface area contributed by atoms with Gasteiger partial charge in [-0.2, -0.15) is 0 Å². The highest BCUT2D eigenvalue weighted by Gasteiger charge is 2.31. The minimum atomic E-state index is -0.970. The zero-order valence-electron chi connectivity index (χ0n) is 10.1. The topological polar surface area (TPSA) is 60.9 Å². The Labute approximate surface area is 101 Å². The molecule has 1 saturated carbocycles. The fraction of sp³-hybridized carbons (Fsp3) is 0.667. The molecular weight excluding hydrogens is 220 g/mol. The number of carbonyl (C=O) groups is 2. The number of terminal acetylenes is 1. The molecule has 1 amide bonds. The first-order chi connectivity index (χ1) is 8.08. The number of nitrogens with zero attached hydrogens (tertiary/aromatic N) is 2. The van der Waals surface area contributed by atoms with E-state index in [1.165, 1.54) is 4.90 Å². The third-order valence-electron chi connectivity index (χ3n) is 2.68. The second kappa shape index (κ2) is 6.26. The number of likely N-dealkylation sites (N-methyl/N-ethyl adjacent to an activating group) is 1. The van der Waals surface area contributed by atoms with Crippen molar-refractivity contribution in [3.05, 3.63) is 0 Å². The molecule has 5 heteroatoms. The number of carboxylic acids is 1. The molecule has 1 fully saturated rings. The van der Waals surface area contributed by atoms with Gasteiger partial charge in [0.1, 0.15) is 0 Å². The maximum Gasteiger partial charge on any atom is 0.317 e. The summed E-state index contributed by atoms with van der Waals surface area (Å²) in [5.74, 6) is 1.37.